The van der Waals surface area contributed by atoms with Crippen molar-refractivity contribution in [2.24, 2.45) is 11.7 Å². The van der Waals surface area contributed by atoms with Gasteiger partial charge in [-0.15, -0.1) is 0 Å². The van der Waals surface area contributed by atoms with Crippen molar-refractivity contribution in [1.82, 2.24) is 0 Å². The van der Waals surface area contributed by atoms with Crippen LogP contribution in [-0.2, 0) is 9.59 Å². The molecule has 0 aromatic rings. The molecule has 0 aliphatic heterocycles. The third kappa shape index (κ3) is 9.98. The van der Waals surface area contributed by atoms with Gasteiger partial charge in [-0.3, -0.25) is 4.79 Å². The maximum atomic E-state index is 12.1. The molecule has 0 bridgehead atoms. The molecular formula is C21H41NO3. The van der Waals surface area contributed by atoms with Crippen LogP contribution in [0.25, 0.3) is 0 Å². The summed E-state index contributed by atoms with van der Waals surface area (Å²) >= 11 is 0. The Morgan fingerprint density at radius 3 is 1.48 bits per heavy atom. The monoisotopic (exact) mass is 355 g/mol. The van der Waals surface area contributed by atoms with E-state index in [0.717, 1.165) is 19.3 Å². The van der Waals surface area contributed by atoms with Crippen molar-refractivity contribution in [3.8, 4) is 0 Å². The van der Waals surface area contributed by atoms with Crippen LogP contribution in [0.1, 0.15) is 111 Å². The molecule has 4 nitrogen and oxygen atoms in total. The van der Waals surface area contributed by atoms with Crippen LogP contribution in [0.15, 0.2) is 0 Å². The van der Waals surface area contributed by atoms with Crippen molar-refractivity contribution >= 4 is 11.8 Å². The van der Waals surface area contributed by atoms with E-state index < -0.39 is 11.5 Å². The predicted octanol–water partition coefficient (Wildman–Crippen LogP) is 5.47. The van der Waals surface area contributed by atoms with E-state index in [2.05, 4.69) is 6.92 Å². The van der Waals surface area contributed by atoms with Crippen molar-refractivity contribution in [2.75, 3.05) is 0 Å². The number of carboxylic acid groups (broad SMARTS) is 1. The Labute approximate surface area is 154 Å². The Morgan fingerprint density at radius 2 is 1.16 bits per heavy atom. The van der Waals surface area contributed by atoms with Crippen LogP contribution in [-0.4, -0.2) is 22.4 Å². The molecule has 0 amide bonds. The Kier molecular flexibility index (Phi) is 13.8. The van der Waals surface area contributed by atoms with E-state index in [-0.39, 0.29) is 18.1 Å². The van der Waals surface area contributed by atoms with Crippen LogP contribution in [0.2, 0.25) is 0 Å². The Hall–Kier alpha value is -0.900. The fourth-order valence-corrected chi connectivity index (χ4v) is 3.20. The molecule has 0 aliphatic carbocycles. The smallest absolute Gasteiger partial charge is 0.331 e. The molecular weight excluding hydrogens is 314 g/mol. The van der Waals surface area contributed by atoms with E-state index in [1.807, 2.05) is 0 Å². The summed E-state index contributed by atoms with van der Waals surface area (Å²) in [5.74, 6) is -1.93. The molecule has 0 radical (unpaired) electrons. The fourth-order valence-electron chi connectivity index (χ4n) is 3.20. The second kappa shape index (κ2) is 14.3. The molecule has 0 aromatic heterocycles. The summed E-state index contributed by atoms with van der Waals surface area (Å²) in [6.45, 7) is 5.63. The lowest BCUT2D eigenvalue weighted by Gasteiger charge is -2.27. The number of rotatable bonds is 17. The van der Waals surface area contributed by atoms with Gasteiger partial charge in [0.25, 0.3) is 0 Å². The zero-order valence-electron chi connectivity index (χ0n) is 16.8. The van der Waals surface area contributed by atoms with Gasteiger partial charge in [0.2, 0.25) is 0 Å². The van der Waals surface area contributed by atoms with Crippen LogP contribution >= 0.6 is 0 Å². The van der Waals surface area contributed by atoms with Crippen molar-refractivity contribution in [2.45, 2.75) is 116 Å². The van der Waals surface area contributed by atoms with Crippen LogP contribution in [0.3, 0.4) is 0 Å². The van der Waals surface area contributed by atoms with Gasteiger partial charge in [-0.1, -0.05) is 97.8 Å². The van der Waals surface area contributed by atoms with Crippen LogP contribution in [0.5, 0.6) is 0 Å². The number of aliphatic carboxylic acids is 1. The van der Waals surface area contributed by atoms with Gasteiger partial charge in [-0.2, -0.15) is 0 Å². The second-order valence-corrected chi connectivity index (χ2v) is 7.74. The number of Topliss-reactive ketones (excluding diaryl/α,β-unsaturated/α-hetero) is 1. The van der Waals surface area contributed by atoms with Crippen LogP contribution in [0, 0.1) is 5.92 Å². The van der Waals surface area contributed by atoms with Gasteiger partial charge in [0.15, 0.2) is 11.3 Å². The van der Waals surface area contributed by atoms with Gasteiger partial charge in [0.05, 0.1) is 0 Å². The van der Waals surface area contributed by atoms with E-state index >= 15 is 0 Å². The maximum Gasteiger partial charge on any atom is 0.331 e. The lowest BCUT2D eigenvalue weighted by Crippen LogP contribution is -2.58. The van der Waals surface area contributed by atoms with Crippen molar-refractivity contribution in [1.29, 1.82) is 0 Å². The number of ketones is 1. The molecule has 0 fully saturated rings. The van der Waals surface area contributed by atoms with E-state index in [0.29, 0.717) is 0 Å². The van der Waals surface area contributed by atoms with Gasteiger partial charge in [0, 0.05) is 6.42 Å². The van der Waals surface area contributed by atoms with Gasteiger partial charge in [-0.25, -0.2) is 4.79 Å². The van der Waals surface area contributed by atoms with E-state index in [9.17, 15) is 14.7 Å². The van der Waals surface area contributed by atoms with E-state index in [4.69, 9.17) is 5.73 Å². The minimum Gasteiger partial charge on any atom is -0.480 e. The number of nitrogens with two attached hydrogens (primary N) is 1. The third-order valence-electron chi connectivity index (χ3n) is 5.23. The summed E-state index contributed by atoms with van der Waals surface area (Å²) in [4.78, 5) is 23.4. The standard InChI is InChI=1S/C21H41NO3/c1-4-5-6-7-8-9-10-11-12-13-14-15-16-17-19(23)21(22,18(2)3)20(24)25/h18H,4-17,22H2,1-3H3,(H,24,25). The summed E-state index contributed by atoms with van der Waals surface area (Å²) in [5, 5.41) is 9.23. The van der Waals surface area contributed by atoms with Crippen LogP contribution in [0.4, 0.5) is 0 Å². The minimum atomic E-state index is -1.73. The first-order chi connectivity index (χ1) is 11.9. The number of hydrogen-bond donors (Lipinski definition) is 2. The normalized spacial score (nSPS) is 13.8. The number of carbonyl (C=O) groups is 2. The molecule has 25 heavy (non-hydrogen) atoms. The van der Waals surface area contributed by atoms with Crippen molar-refractivity contribution in [3.63, 3.8) is 0 Å². The molecule has 0 spiro atoms. The summed E-state index contributed by atoms with van der Waals surface area (Å²) in [6.07, 6.45) is 16.5. The van der Waals surface area contributed by atoms with Crippen molar-refractivity contribution in [3.05, 3.63) is 0 Å². The van der Waals surface area contributed by atoms with Gasteiger partial charge < -0.3 is 10.8 Å². The van der Waals surface area contributed by atoms with Crippen LogP contribution < -0.4 is 5.73 Å². The number of carboxylic acids is 1. The molecule has 0 saturated carbocycles. The Balaban J connectivity index is 3.58. The summed E-state index contributed by atoms with van der Waals surface area (Å²) in [7, 11) is 0. The topological polar surface area (TPSA) is 80.4 Å². The maximum absolute atomic E-state index is 12.1. The first-order valence-electron chi connectivity index (χ1n) is 10.4. The quantitative estimate of drug-likeness (QED) is 0.267. The molecule has 0 aliphatic rings. The van der Waals surface area contributed by atoms with E-state index in [1.54, 1.807) is 13.8 Å². The van der Waals surface area contributed by atoms with Gasteiger partial charge >= 0.3 is 5.97 Å². The zero-order chi connectivity index (χ0) is 19.1. The first kappa shape index (κ1) is 24.1. The second-order valence-electron chi connectivity index (χ2n) is 7.74. The molecule has 3 N–H and O–H groups in total. The summed E-state index contributed by atoms with van der Waals surface area (Å²) < 4.78 is 0. The summed E-state index contributed by atoms with van der Waals surface area (Å²) in [5.41, 5.74) is 4.10. The molecule has 4 heteroatoms. The Bertz CT molecular complexity index is 368. The highest BCUT2D eigenvalue weighted by atomic mass is 16.4. The molecule has 148 valence electrons. The molecule has 0 rings (SSSR count). The average molecular weight is 356 g/mol. The molecule has 0 aromatic carbocycles. The van der Waals surface area contributed by atoms with Gasteiger partial charge in [0.1, 0.15) is 0 Å². The average Bonchev–Trinajstić information content (AvgIpc) is 2.57. The largest absolute Gasteiger partial charge is 0.480 e. The summed E-state index contributed by atoms with van der Waals surface area (Å²) in [6, 6.07) is 0. The van der Waals surface area contributed by atoms with E-state index in [1.165, 1.54) is 64.2 Å². The lowest BCUT2D eigenvalue weighted by molar-refractivity contribution is -0.150. The molecule has 0 saturated heterocycles. The minimum absolute atomic E-state index is 0.277. The lowest BCUT2D eigenvalue weighted by atomic mass is 9.81. The Morgan fingerprint density at radius 1 is 0.800 bits per heavy atom. The molecule has 1 atom stereocenters. The highest BCUT2D eigenvalue weighted by Gasteiger charge is 2.44. The highest BCUT2D eigenvalue weighted by molar-refractivity contribution is 6.07. The first-order valence-corrected chi connectivity index (χ1v) is 10.4. The number of unbranched alkanes of at least 4 members (excludes halogenated alkanes) is 12. The van der Waals surface area contributed by atoms with Gasteiger partial charge in [-0.05, 0) is 12.3 Å². The molecule has 0 heterocycles. The number of carbonyl (C=O) groups excluding carboxylic acids is 1. The molecule has 1 unspecified atom stereocenters. The number of hydrogen-bond acceptors (Lipinski definition) is 3. The van der Waals surface area contributed by atoms with Crippen molar-refractivity contribution < 1.29 is 14.7 Å². The SMILES string of the molecule is CCCCCCCCCCCCCCCC(=O)C(N)(C(=O)O)C(C)C. The zero-order valence-corrected chi connectivity index (χ0v) is 16.8. The predicted molar refractivity (Wildman–Crippen MR) is 105 cm³/mol. The fraction of sp³-hybridized carbons (Fsp3) is 0.905. The third-order valence-corrected chi connectivity index (χ3v) is 5.23. The highest BCUT2D eigenvalue weighted by Crippen LogP contribution is 2.20.